The lowest BCUT2D eigenvalue weighted by Crippen LogP contribution is -2.46. The normalized spacial score (nSPS) is 15.9. The van der Waals surface area contributed by atoms with Gasteiger partial charge < -0.3 is 9.80 Å². The van der Waals surface area contributed by atoms with Gasteiger partial charge in [-0.3, -0.25) is 4.72 Å². The molecule has 0 bridgehead atoms. The number of hydrogen-bond donors (Lipinski definition) is 1. The number of nitrogens with one attached hydrogen (secondary N) is 1. The molecule has 1 aliphatic rings. The van der Waals surface area contributed by atoms with E-state index in [4.69, 9.17) is 0 Å². The van der Waals surface area contributed by atoms with Crippen molar-refractivity contribution in [2.24, 2.45) is 0 Å². The highest BCUT2D eigenvalue weighted by atomic mass is 32.2. The molecule has 3 rings (SSSR count). The van der Waals surface area contributed by atoms with E-state index in [0.29, 0.717) is 11.3 Å². The van der Waals surface area contributed by atoms with Gasteiger partial charge in [0.1, 0.15) is 5.82 Å². The number of likely N-dealkylation sites (N-methyl/N-ethyl adjacent to an activating group) is 1. The van der Waals surface area contributed by atoms with E-state index in [2.05, 4.69) is 21.4 Å². The Labute approximate surface area is 154 Å². The van der Waals surface area contributed by atoms with E-state index in [9.17, 15) is 12.8 Å². The van der Waals surface area contributed by atoms with Gasteiger partial charge in [0.25, 0.3) is 10.0 Å². The maximum atomic E-state index is 13.2. The van der Waals surface area contributed by atoms with Crippen LogP contribution in [0, 0.1) is 12.7 Å². The van der Waals surface area contributed by atoms with Crippen molar-refractivity contribution in [2.45, 2.75) is 18.7 Å². The summed E-state index contributed by atoms with van der Waals surface area (Å²) in [5.41, 5.74) is 1.95. The Bertz CT molecular complexity index is 861. The third-order valence-corrected chi connectivity index (χ3v) is 6.27. The monoisotopic (exact) mass is 377 g/mol. The molecule has 0 atom stereocenters. The van der Waals surface area contributed by atoms with Crippen molar-refractivity contribution < 1.29 is 12.8 Å². The fourth-order valence-corrected chi connectivity index (χ4v) is 4.47. The molecule has 0 unspecified atom stereocenters. The number of nitrogens with zero attached hydrogens (tertiary/aromatic N) is 2. The number of piperazine rings is 1. The molecule has 1 fully saturated rings. The quantitative estimate of drug-likeness (QED) is 0.870. The van der Waals surface area contributed by atoms with Gasteiger partial charge in [0, 0.05) is 37.6 Å². The summed E-state index contributed by atoms with van der Waals surface area (Å²) in [6, 6.07) is 11.0. The van der Waals surface area contributed by atoms with Crippen LogP contribution in [-0.2, 0) is 10.0 Å². The highest BCUT2D eigenvalue weighted by Gasteiger charge is 2.18. The van der Waals surface area contributed by atoms with Crippen LogP contribution in [0.3, 0.4) is 0 Å². The van der Waals surface area contributed by atoms with E-state index in [1.54, 1.807) is 19.1 Å². The first kappa shape index (κ1) is 18.7. The zero-order valence-corrected chi connectivity index (χ0v) is 15.9. The highest BCUT2D eigenvalue weighted by molar-refractivity contribution is 7.92. The van der Waals surface area contributed by atoms with Crippen molar-refractivity contribution in [1.29, 1.82) is 0 Å². The second-order valence-electron chi connectivity index (χ2n) is 6.48. The van der Waals surface area contributed by atoms with Gasteiger partial charge in [0.05, 0.1) is 4.90 Å². The number of benzene rings is 2. The predicted octanol–water partition coefficient (Wildman–Crippen LogP) is 3.08. The fraction of sp³-hybridized carbons (Fsp3) is 0.368. The molecule has 2 aromatic rings. The van der Waals surface area contributed by atoms with Crippen molar-refractivity contribution in [2.75, 3.05) is 42.3 Å². The van der Waals surface area contributed by atoms with E-state index in [-0.39, 0.29) is 4.90 Å². The van der Waals surface area contributed by atoms with Crippen molar-refractivity contribution in [1.82, 2.24) is 4.90 Å². The summed E-state index contributed by atoms with van der Waals surface area (Å²) in [4.78, 5) is 4.79. The largest absolute Gasteiger partial charge is 0.369 e. The molecule has 26 heavy (non-hydrogen) atoms. The molecule has 0 radical (unpaired) electrons. The zero-order chi connectivity index (χ0) is 18.7. The third-order valence-electron chi connectivity index (χ3n) is 4.73. The molecule has 1 saturated heterocycles. The minimum atomic E-state index is -3.75. The van der Waals surface area contributed by atoms with Gasteiger partial charge in [-0.25, -0.2) is 12.8 Å². The Kier molecular flexibility index (Phi) is 5.48. The minimum Gasteiger partial charge on any atom is -0.369 e. The van der Waals surface area contributed by atoms with Gasteiger partial charge in [-0.15, -0.1) is 0 Å². The Morgan fingerprint density at radius 2 is 1.69 bits per heavy atom. The van der Waals surface area contributed by atoms with Crippen LogP contribution in [0.5, 0.6) is 0 Å². The molecule has 2 aromatic carbocycles. The SMILES string of the molecule is CCN1CCN(c2ccc(NS(=O)(=O)c3ccc(F)cc3C)cc2)CC1. The number of hydrogen-bond acceptors (Lipinski definition) is 4. The third kappa shape index (κ3) is 4.16. The average molecular weight is 377 g/mol. The molecule has 0 saturated carbocycles. The standard InChI is InChI=1S/C19H24FN3O2S/c1-3-22-10-12-23(13-11-22)18-7-5-17(6-8-18)21-26(24,25)19-9-4-16(20)14-15(19)2/h4-9,14,21H,3,10-13H2,1-2H3. The van der Waals surface area contributed by atoms with E-state index in [0.717, 1.165) is 44.5 Å². The first-order valence-electron chi connectivity index (χ1n) is 8.75. The summed E-state index contributed by atoms with van der Waals surface area (Å²) >= 11 is 0. The van der Waals surface area contributed by atoms with E-state index < -0.39 is 15.8 Å². The van der Waals surface area contributed by atoms with E-state index >= 15 is 0 Å². The van der Waals surface area contributed by atoms with E-state index in [1.165, 1.54) is 12.1 Å². The maximum absolute atomic E-state index is 13.2. The lowest BCUT2D eigenvalue weighted by molar-refractivity contribution is 0.271. The van der Waals surface area contributed by atoms with Gasteiger partial charge in [0.2, 0.25) is 0 Å². The molecule has 5 nitrogen and oxygen atoms in total. The second-order valence-corrected chi connectivity index (χ2v) is 8.13. The molecule has 140 valence electrons. The molecule has 0 aliphatic carbocycles. The van der Waals surface area contributed by atoms with Gasteiger partial charge in [0.15, 0.2) is 0 Å². The fourth-order valence-electron chi connectivity index (χ4n) is 3.19. The molecule has 1 aliphatic heterocycles. The first-order chi connectivity index (χ1) is 12.4. The molecular formula is C19H24FN3O2S. The van der Waals surface area contributed by atoms with Crippen LogP contribution in [0.25, 0.3) is 0 Å². The summed E-state index contributed by atoms with van der Waals surface area (Å²) in [7, 11) is -3.75. The van der Waals surface area contributed by atoms with Crippen LogP contribution in [0.2, 0.25) is 0 Å². The van der Waals surface area contributed by atoms with Crippen LogP contribution in [0.1, 0.15) is 12.5 Å². The summed E-state index contributed by atoms with van der Waals surface area (Å²) in [5, 5.41) is 0. The topological polar surface area (TPSA) is 52.6 Å². The van der Waals surface area contributed by atoms with Crippen molar-refractivity contribution >= 4 is 21.4 Å². The Morgan fingerprint density at radius 3 is 2.27 bits per heavy atom. The summed E-state index contributed by atoms with van der Waals surface area (Å²) in [5.74, 6) is -0.450. The lowest BCUT2D eigenvalue weighted by Gasteiger charge is -2.35. The number of aryl methyl sites for hydroxylation is 1. The molecule has 7 heteroatoms. The second kappa shape index (κ2) is 7.63. The van der Waals surface area contributed by atoms with Gasteiger partial charge >= 0.3 is 0 Å². The summed E-state index contributed by atoms with van der Waals surface area (Å²) in [6.45, 7) is 8.82. The highest BCUT2D eigenvalue weighted by Crippen LogP contribution is 2.23. The molecule has 1 N–H and O–H groups in total. The van der Waals surface area contributed by atoms with Gasteiger partial charge in [-0.05, 0) is 61.5 Å². The Hall–Kier alpha value is -2.12. The number of rotatable bonds is 5. The first-order valence-corrected chi connectivity index (χ1v) is 10.2. The van der Waals surface area contributed by atoms with Crippen molar-refractivity contribution in [3.05, 3.63) is 53.8 Å². The number of anilines is 2. The lowest BCUT2D eigenvalue weighted by atomic mass is 10.2. The van der Waals surface area contributed by atoms with Crippen molar-refractivity contribution in [3.8, 4) is 0 Å². The molecule has 0 amide bonds. The Balaban J connectivity index is 1.71. The number of halogens is 1. The molecule has 1 heterocycles. The summed E-state index contributed by atoms with van der Waals surface area (Å²) < 4.78 is 40.9. The van der Waals surface area contributed by atoms with Crippen LogP contribution in [0.4, 0.5) is 15.8 Å². The predicted molar refractivity (Wildman–Crippen MR) is 103 cm³/mol. The van der Waals surface area contributed by atoms with Crippen LogP contribution in [0.15, 0.2) is 47.4 Å². The average Bonchev–Trinajstić information content (AvgIpc) is 2.62. The molecule has 0 spiro atoms. The number of sulfonamides is 1. The summed E-state index contributed by atoms with van der Waals surface area (Å²) in [6.07, 6.45) is 0. The van der Waals surface area contributed by atoms with Crippen molar-refractivity contribution in [3.63, 3.8) is 0 Å². The van der Waals surface area contributed by atoms with Crippen LogP contribution < -0.4 is 9.62 Å². The molecule has 0 aromatic heterocycles. The maximum Gasteiger partial charge on any atom is 0.262 e. The molecular weight excluding hydrogens is 353 g/mol. The minimum absolute atomic E-state index is 0.0821. The Morgan fingerprint density at radius 1 is 1.04 bits per heavy atom. The van der Waals surface area contributed by atoms with Crippen LogP contribution in [-0.4, -0.2) is 46.0 Å². The van der Waals surface area contributed by atoms with Gasteiger partial charge in [-0.2, -0.15) is 0 Å². The van der Waals surface area contributed by atoms with E-state index in [1.807, 2.05) is 12.1 Å². The zero-order valence-electron chi connectivity index (χ0n) is 15.1. The van der Waals surface area contributed by atoms with Gasteiger partial charge in [-0.1, -0.05) is 6.92 Å². The van der Waals surface area contributed by atoms with Crippen LogP contribution >= 0.6 is 0 Å². The smallest absolute Gasteiger partial charge is 0.262 e.